The summed E-state index contributed by atoms with van der Waals surface area (Å²) in [4.78, 5) is 30.5. The van der Waals surface area contributed by atoms with Crippen molar-refractivity contribution < 1.29 is 33.1 Å². The van der Waals surface area contributed by atoms with E-state index in [1.54, 1.807) is 0 Å². The SMILES string of the molecule is CC/C=C\C/C=C\C/C=C\CCCCCCCC(=O)O[C@H](COCCCCCCCCCCCCCCCC)COP(=O)(O)O. The van der Waals surface area contributed by atoms with Crippen LogP contribution in [0.2, 0.25) is 0 Å². The Morgan fingerprint density at radius 2 is 1.11 bits per heavy atom. The van der Waals surface area contributed by atoms with E-state index in [4.69, 9.17) is 19.3 Å². The molecular weight excluding hydrogens is 587 g/mol. The number of hydrogen-bond donors (Lipinski definition) is 2. The molecule has 0 radical (unpaired) electrons. The Hall–Kier alpha value is -1.24. The van der Waals surface area contributed by atoms with Crippen molar-refractivity contribution in [2.45, 2.75) is 174 Å². The predicted molar refractivity (Wildman–Crippen MR) is 188 cm³/mol. The monoisotopic (exact) mass is 656 g/mol. The van der Waals surface area contributed by atoms with Gasteiger partial charge in [0.25, 0.3) is 0 Å². The normalized spacial score (nSPS) is 13.1. The molecule has 0 aromatic heterocycles. The fourth-order valence-electron chi connectivity index (χ4n) is 5.04. The van der Waals surface area contributed by atoms with Crippen LogP contribution < -0.4 is 0 Å². The van der Waals surface area contributed by atoms with Crippen LogP contribution in [0.4, 0.5) is 0 Å². The number of phosphoric ester groups is 1. The first-order valence-corrected chi connectivity index (χ1v) is 19.8. The fraction of sp³-hybridized carbons (Fsp3) is 0.811. The minimum Gasteiger partial charge on any atom is -0.457 e. The molecular formula is C37H69O7P. The molecule has 0 heterocycles. The van der Waals surface area contributed by atoms with E-state index in [1.807, 2.05) is 0 Å². The smallest absolute Gasteiger partial charge is 0.457 e. The molecule has 0 aromatic rings. The van der Waals surface area contributed by atoms with Crippen molar-refractivity contribution in [3.8, 4) is 0 Å². The zero-order chi connectivity index (χ0) is 33.1. The van der Waals surface area contributed by atoms with Crippen LogP contribution in [0.25, 0.3) is 0 Å². The second-order valence-electron chi connectivity index (χ2n) is 12.2. The van der Waals surface area contributed by atoms with Gasteiger partial charge in [-0.2, -0.15) is 0 Å². The lowest BCUT2D eigenvalue weighted by atomic mass is 10.0. The molecule has 8 heteroatoms. The standard InChI is InChI=1S/C37H69O7P/c1-3-5-7-9-11-13-15-17-19-20-22-24-26-28-30-32-37(38)44-36(35-43-45(39,40)41)34-42-33-31-29-27-25-23-21-18-16-14-12-10-8-6-4-2/h5,7,11,13,17,19,36H,3-4,6,8-10,12,14-16,18,20-35H2,1-2H3,(H2,39,40,41)/b7-5-,13-11-,19-17-/t36-/m1/s1. The molecule has 0 aliphatic carbocycles. The van der Waals surface area contributed by atoms with Crippen LogP contribution in [-0.2, 0) is 23.4 Å². The molecule has 1 atom stereocenters. The first-order chi connectivity index (χ1) is 21.9. The number of phosphoric acid groups is 1. The third-order valence-corrected chi connectivity index (χ3v) is 8.19. The fourth-order valence-corrected chi connectivity index (χ4v) is 5.40. The van der Waals surface area contributed by atoms with E-state index in [-0.39, 0.29) is 25.6 Å². The van der Waals surface area contributed by atoms with Crippen LogP contribution in [0.5, 0.6) is 0 Å². The second-order valence-corrected chi connectivity index (χ2v) is 13.4. The predicted octanol–water partition coefficient (Wildman–Crippen LogP) is 11.1. The van der Waals surface area contributed by atoms with E-state index in [0.717, 1.165) is 70.6 Å². The number of carbonyl (C=O) groups excluding carboxylic acids is 1. The third kappa shape index (κ3) is 37.1. The molecule has 0 rings (SSSR count). The van der Waals surface area contributed by atoms with E-state index < -0.39 is 13.9 Å². The van der Waals surface area contributed by atoms with Crippen molar-refractivity contribution in [2.75, 3.05) is 19.8 Å². The number of esters is 1. The van der Waals surface area contributed by atoms with E-state index in [9.17, 15) is 9.36 Å². The maximum absolute atomic E-state index is 12.3. The summed E-state index contributed by atoms with van der Waals surface area (Å²) in [6.45, 7) is 4.63. The molecule has 0 aromatic carbocycles. The Kier molecular flexibility index (Phi) is 33.2. The van der Waals surface area contributed by atoms with Crippen molar-refractivity contribution in [1.82, 2.24) is 0 Å². The molecule has 2 N–H and O–H groups in total. The number of ether oxygens (including phenoxy) is 2. The number of allylic oxidation sites excluding steroid dienone is 6. The zero-order valence-electron chi connectivity index (χ0n) is 29.0. The number of hydrogen-bond acceptors (Lipinski definition) is 5. The van der Waals surface area contributed by atoms with Crippen LogP contribution in [0.1, 0.15) is 168 Å². The Bertz CT molecular complexity index is 775. The Labute approximate surface area is 276 Å². The van der Waals surface area contributed by atoms with Crippen molar-refractivity contribution in [3.05, 3.63) is 36.5 Å². The molecule has 7 nitrogen and oxygen atoms in total. The summed E-state index contributed by atoms with van der Waals surface area (Å²) >= 11 is 0. The maximum atomic E-state index is 12.3. The summed E-state index contributed by atoms with van der Waals surface area (Å²) in [5.41, 5.74) is 0. The minimum atomic E-state index is -4.65. The highest BCUT2D eigenvalue weighted by Gasteiger charge is 2.21. The maximum Gasteiger partial charge on any atom is 0.469 e. The van der Waals surface area contributed by atoms with Crippen LogP contribution >= 0.6 is 7.82 Å². The molecule has 0 unspecified atom stereocenters. The van der Waals surface area contributed by atoms with Gasteiger partial charge in [-0.25, -0.2) is 4.57 Å². The summed E-state index contributed by atoms with van der Waals surface area (Å²) in [6.07, 6.45) is 39.9. The topological polar surface area (TPSA) is 102 Å². The Morgan fingerprint density at radius 1 is 0.622 bits per heavy atom. The number of rotatable bonds is 34. The molecule has 0 bridgehead atoms. The van der Waals surface area contributed by atoms with Gasteiger partial charge in [0.2, 0.25) is 0 Å². The first-order valence-electron chi connectivity index (χ1n) is 18.3. The van der Waals surface area contributed by atoms with Crippen LogP contribution in [0.15, 0.2) is 36.5 Å². The lowest BCUT2D eigenvalue weighted by Gasteiger charge is -2.18. The molecule has 45 heavy (non-hydrogen) atoms. The summed E-state index contributed by atoms with van der Waals surface area (Å²) < 4.78 is 26.9. The lowest BCUT2D eigenvalue weighted by molar-refractivity contribution is -0.154. The van der Waals surface area contributed by atoms with E-state index in [0.29, 0.717) is 6.61 Å². The summed E-state index contributed by atoms with van der Waals surface area (Å²) in [5.74, 6) is -0.379. The third-order valence-electron chi connectivity index (χ3n) is 7.70. The summed E-state index contributed by atoms with van der Waals surface area (Å²) in [5, 5.41) is 0. The summed E-state index contributed by atoms with van der Waals surface area (Å²) in [6, 6.07) is 0. The second kappa shape index (κ2) is 34.1. The van der Waals surface area contributed by atoms with Crippen molar-refractivity contribution in [3.63, 3.8) is 0 Å². The average molecular weight is 657 g/mol. The van der Waals surface area contributed by atoms with Gasteiger partial charge in [-0.15, -0.1) is 0 Å². The summed E-state index contributed by atoms with van der Waals surface area (Å²) in [7, 11) is -4.65. The van der Waals surface area contributed by atoms with Crippen molar-refractivity contribution in [2.24, 2.45) is 0 Å². The van der Waals surface area contributed by atoms with E-state index >= 15 is 0 Å². The van der Waals surface area contributed by atoms with Gasteiger partial charge in [0.1, 0.15) is 6.10 Å². The molecule has 0 aliphatic heterocycles. The van der Waals surface area contributed by atoms with Gasteiger partial charge >= 0.3 is 13.8 Å². The van der Waals surface area contributed by atoms with E-state index in [1.165, 1.54) is 77.0 Å². The highest BCUT2D eigenvalue weighted by Crippen LogP contribution is 2.35. The van der Waals surface area contributed by atoms with Crippen molar-refractivity contribution >= 4 is 13.8 Å². The zero-order valence-corrected chi connectivity index (χ0v) is 29.9. The highest BCUT2D eigenvalue weighted by atomic mass is 31.2. The molecule has 0 spiro atoms. The minimum absolute atomic E-state index is 0.0728. The van der Waals surface area contributed by atoms with Gasteiger partial charge in [-0.05, 0) is 44.9 Å². The van der Waals surface area contributed by atoms with Crippen LogP contribution in [0.3, 0.4) is 0 Å². The quantitative estimate of drug-likeness (QED) is 0.0307. The van der Waals surface area contributed by atoms with Gasteiger partial charge in [-0.1, -0.05) is 153 Å². The molecule has 0 aliphatic rings. The number of carbonyl (C=O) groups is 1. The van der Waals surface area contributed by atoms with Gasteiger partial charge in [0.05, 0.1) is 13.2 Å². The van der Waals surface area contributed by atoms with Crippen LogP contribution in [0, 0.1) is 0 Å². The van der Waals surface area contributed by atoms with Gasteiger partial charge in [0, 0.05) is 13.0 Å². The van der Waals surface area contributed by atoms with Crippen molar-refractivity contribution in [1.29, 1.82) is 0 Å². The highest BCUT2D eigenvalue weighted by molar-refractivity contribution is 7.46. The largest absolute Gasteiger partial charge is 0.469 e. The first kappa shape index (κ1) is 43.8. The molecule has 0 fully saturated rings. The lowest BCUT2D eigenvalue weighted by Crippen LogP contribution is -2.28. The average Bonchev–Trinajstić information content (AvgIpc) is 3.01. The molecule has 0 amide bonds. The molecule has 0 saturated heterocycles. The molecule has 0 saturated carbocycles. The Balaban J connectivity index is 3.87. The van der Waals surface area contributed by atoms with Gasteiger partial charge in [0.15, 0.2) is 0 Å². The van der Waals surface area contributed by atoms with Gasteiger partial charge < -0.3 is 19.3 Å². The van der Waals surface area contributed by atoms with Gasteiger partial charge in [-0.3, -0.25) is 9.32 Å². The Morgan fingerprint density at radius 3 is 1.67 bits per heavy atom. The molecule has 264 valence electrons. The van der Waals surface area contributed by atoms with Crippen LogP contribution in [-0.4, -0.2) is 41.7 Å². The number of unbranched alkanes of at least 4 members (excludes halogenated alkanes) is 18. The van der Waals surface area contributed by atoms with E-state index in [2.05, 4.69) is 54.8 Å².